The summed E-state index contributed by atoms with van der Waals surface area (Å²) in [6, 6.07) is 2.19. The summed E-state index contributed by atoms with van der Waals surface area (Å²) in [5.74, 6) is 0.420. The van der Waals surface area contributed by atoms with E-state index in [1.165, 1.54) is 11.9 Å². The molecule has 1 aliphatic rings. The van der Waals surface area contributed by atoms with Gasteiger partial charge in [-0.05, 0) is 45.2 Å². The highest BCUT2D eigenvalue weighted by Crippen LogP contribution is 2.25. The molecule has 6 heteroatoms. The summed E-state index contributed by atoms with van der Waals surface area (Å²) in [4.78, 5) is 0. The average molecular weight is 313 g/mol. The van der Waals surface area contributed by atoms with Crippen LogP contribution in [0.3, 0.4) is 0 Å². The van der Waals surface area contributed by atoms with Gasteiger partial charge < -0.3 is 5.32 Å². The molecule has 21 heavy (non-hydrogen) atoms. The lowest BCUT2D eigenvalue weighted by atomic mass is 10.1. The van der Waals surface area contributed by atoms with Gasteiger partial charge in [0.2, 0.25) is 0 Å². The third kappa shape index (κ3) is 4.30. The van der Waals surface area contributed by atoms with E-state index in [9.17, 15) is 8.42 Å². The van der Waals surface area contributed by atoms with Gasteiger partial charge in [-0.25, -0.2) is 8.42 Å². The lowest BCUT2D eigenvalue weighted by molar-refractivity contribution is 0.388. The summed E-state index contributed by atoms with van der Waals surface area (Å²) in [6.07, 6.45) is 4.12. The summed E-state index contributed by atoms with van der Waals surface area (Å²) in [5.41, 5.74) is 2.22. The van der Waals surface area contributed by atoms with Crippen molar-refractivity contribution in [2.75, 3.05) is 12.8 Å². The zero-order chi connectivity index (χ0) is 15.6. The zero-order valence-corrected chi connectivity index (χ0v) is 14.3. The fraction of sp³-hybridized carbons (Fsp3) is 0.800. The van der Waals surface area contributed by atoms with Crippen molar-refractivity contribution in [1.29, 1.82) is 0 Å². The first-order chi connectivity index (χ1) is 9.77. The molecule has 1 aliphatic carbocycles. The van der Waals surface area contributed by atoms with E-state index in [0.717, 1.165) is 38.0 Å². The number of hydrogen-bond donors (Lipinski definition) is 1. The van der Waals surface area contributed by atoms with Gasteiger partial charge in [0.1, 0.15) is 0 Å². The van der Waals surface area contributed by atoms with Crippen LogP contribution < -0.4 is 5.32 Å². The second-order valence-electron chi connectivity index (χ2n) is 6.53. The van der Waals surface area contributed by atoms with E-state index in [1.807, 2.05) is 11.6 Å². The molecule has 1 aromatic heterocycles. The van der Waals surface area contributed by atoms with E-state index < -0.39 is 9.84 Å². The van der Waals surface area contributed by atoms with Gasteiger partial charge in [0, 0.05) is 24.5 Å². The first-order valence-corrected chi connectivity index (χ1v) is 9.66. The first-order valence-electron chi connectivity index (χ1n) is 7.70. The number of rotatable bonds is 6. The van der Waals surface area contributed by atoms with E-state index in [4.69, 9.17) is 0 Å². The quantitative estimate of drug-likeness (QED) is 0.868. The normalized spacial score (nSPS) is 24.4. The first kappa shape index (κ1) is 16.5. The number of nitrogens with zero attached hydrogens (tertiary/aromatic N) is 2. The van der Waals surface area contributed by atoms with Gasteiger partial charge in [-0.15, -0.1) is 0 Å². The summed E-state index contributed by atoms with van der Waals surface area (Å²) in [6.45, 7) is 7.93. The third-order valence-electron chi connectivity index (χ3n) is 4.32. The summed E-state index contributed by atoms with van der Waals surface area (Å²) < 4.78 is 25.6. The number of hydrogen-bond acceptors (Lipinski definition) is 4. The molecule has 120 valence electrons. The van der Waals surface area contributed by atoms with Gasteiger partial charge in [0.25, 0.3) is 0 Å². The number of aromatic nitrogens is 2. The fourth-order valence-corrected chi connectivity index (χ4v) is 4.67. The lowest BCUT2D eigenvalue weighted by Crippen LogP contribution is -2.42. The Hall–Kier alpha value is -0.880. The summed E-state index contributed by atoms with van der Waals surface area (Å²) in [7, 11) is -2.94. The Morgan fingerprint density at radius 2 is 2.14 bits per heavy atom. The third-order valence-corrected chi connectivity index (χ3v) is 5.98. The minimum atomic E-state index is -2.94. The molecule has 2 rings (SSSR count). The van der Waals surface area contributed by atoms with E-state index in [1.54, 1.807) is 0 Å². The standard InChI is InChI=1S/C15H27N3O2S/c1-11(10-18-13(3)8-12(2)17-18)9-16-14-6-5-7-15(14)21(4,19)20/h8,11,14-16H,5-7,9-10H2,1-4H3/t11-,14-,15+/m1/s1. The van der Waals surface area contributed by atoms with Crippen LogP contribution in [-0.2, 0) is 16.4 Å². The summed E-state index contributed by atoms with van der Waals surface area (Å²) >= 11 is 0. The van der Waals surface area contributed by atoms with Crippen LogP contribution in [0.25, 0.3) is 0 Å². The van der Waals surface area contributed by atoms with Gasteiger partial charge in [0.15, 0.2) is 9.84 Å². The molecule has 1 heterocycles. The van der Waals surface area contributed by atoms with E-state index >= 15 is 0 Å². The molecule has 0 aliphatic heterocycles. The molecular formula is C15H27N3O2S. The average Bonchev–Trinajstić information content (AvgIpc) is 2.93. The van der Waals surface area contributed by atoms with E-state index in [2.05, 4.69) is 30.3 Å². The maximum absolute atomic E-state index is 11.8. The Bertz CT molecular complexity index is 580. The van der Waals surface area contributed by atoms with Crippen molar-refractivity contribution in [1.82, 2.24) is 15.1 Å². The van der Waals surface area contributed by atoms with Crippen LogP contribution in [0.4, 0.5) is 0 Å². The van der Waals surface area contributed by atoms with Gasteiger partial charge in [-0.3, -0.25) is 4.68 Å². The highest BCUT2D eigenvalue weighted by Gasteiger charge is 2.34. The largest absolute Gasteiger partial charge is 0.312 e. The van der Waals surface area contributed by atoms with Crippen molar-refractivity contribution < 1.29 is 8.42 Å². The molecule has 5 nitrogen and oxygen atoms in total. The van der Waals surface area contributed by atoms with Crippen LogP contribution in [0, 0.1) is 19.8 Å². The molecule has 0 unspecified atom stereocenters. The molecule has 0 amide bonds. The predicted molar refractivity (Wildman–Crippen MR) is 85.1 cm³/mol. The molecule has 1 N–H and O–H groups in total. The van der Waals surface area contributed by atoms with Crippen LogP contribution in [-0.4, -0.2) is 42.3 Å². The Kier molecular flexibility index (Phi) is 5.09. The fourth-order valence-electron chi connectivity index (χ4n) is 3.24. The Balaban J connectivity index is 1.86. The van der Waals surface area contributed by atoms with Gasteiger partial charge in [0.05, 0.1) is 10.9 Å². The molecule has 3 atom stereocenters. The second-order valence-corrected chi connectivity index (χ2v) is 8.79. The molecule has 0 aromatic carbocycles. The second kappa shape index (κ2) is 6.48. The maximum Gasteiger partial charge on any atom is 0.151 e. The molecule has 0 spiro atoms. The smallest absolute Gasteiger partial charge is 0.151 e. The molecule has 0 saturated heterocycles. The van der Waals surface area contributed by atoms with Crippen molar-refractivity contribution in [3.8, 4) is 0 Å². The molecule has 0 bridgehead atoms. The Labute approximate surface area is 128 Å². The SMILES string of the molecule is Cc1cc(C)n(C[C@H](C)CN[C@@H]2CCC[C@@H]2S(C)(=O)=O)n1. The van der Waals surface area contributed by atoms with Crippen LogP contribution in [0.5, 0.6) is 0 Å². The molecule has 1 aromatic rings. The minimum Gasteiger partial charge on any atom is -0.312 e. The number of nitrogens with one attached hydrogen (secondary N) is 1. The monoisotopic (exact) mass is 313 g/mol. The van der Waals surface area contributed by atoms with Gasteiger partial charge in [-0.2, -0.15) is 5.10 Å². The highest BCUT2D eigenvalue weighted by atomic mass is 32.2. The number of sulfone groups is 1. The maximum atomic E-state index is 11.8. The van der Waals surface area contributed by atoms with Crippen LogP contribution in [0.1, 0.15) is 37.6 Å². The highest BCUT2D eigenvalue weighted by molar-refractivity contribution is 7.91. The number of aryl methyl sites for hydroxylation is 2. The van der Waals surface area contributed by atoms with E-state index in [0.29, 0.717) is 5.92 Å². The van der Waals surface area contributed by atoms with Crippen molar-refractivity contribution >= 4 is 9.84 Å². The molecule has 1 fully saturated rings. The van der Waals surface area contributed by atoms with Crippen LogP contribution in [0.15, 0.2) is 6.07 Å². The van der Waals surface area contributed by atoms with Crippen molar-refractivity contribution in [3.63, 3.8) is 0 Å². The molecular weight excluding hydrogens is 286 g/mol. The van der Waals surface area contributed by atoms with Crippen molar-refractivity contribution in [2.45, 2.75) is 57.9 Å². The minimum absolute atomic E-state index is 0.114. The zero-order valence-electron chi connectivity index (χ0n) is 13.5. The predicted octanol–water partition coefficient (Wildman–Crippen LogP) is 1.69. The Morgan fingerprint density at radius 1 is 1.43 bits per heavy atom. The van der Waals surface area contributed by atoms with Crippen LogP contribution in [0.2, 0.25) is 0 Å². The van der Waals surface area contributed by atoms with Gasteiger partial charge in [-0.1, -0.05) is 13.3 Å². The van der Waals surface area contributed by atoms with Crippen LogP contribution >= 0.6 is 0 Å². The molecule has 0 radical (unpaired) electrons. The Morgan fingerprint density at radius 3 is 2.71 bits per heavy atom. The summed E-state index contributed by atoms with van der Waals surface area (Å²) in [5, 5.41) is 7.73. The van der Waals surface area contributed by atoms with E-state index in [-0.39, 0.29) is 11.3 Å². The topological polar surface area (TPSA) is 64.0 Å². The lowest BCUT2D eigenvalue weighted by Gasteiger charge is -2.22. The van der Waals surface area contributed by atoms with Gasteiger partial charge >= 0.3 is 0 Å². The molecule has 1 saturated carbocycles. The van der Waals surface area contributed by atoms with Crippen molar-refractivity contribution in [2.24, 2.45) is 5.92 Å². The van der Waals surface area contributed by atoms with Crippen molar-refractivity contribution in [3.05, 3.63) is 17.5 Å².